The largest absolute Gasteiger partial charge is 0.513 e. The fraction of sp³-hybridized carbons (Fsp3) is 0.571. The van der Waals surface area contributed by atoms with Crippen LogP contribution >= 0.6 is 0 Å². The fourth-order valence-electron chi connectivity index (χ4n) is 3.33. The van der Waals surface area contributed by atoms with Crippen LogP contribution in [0.25, 0.3) is 4.85 Å². The summed E-state index contributed by atoms with van der Waals surface area (Å²) in [4.78, 5) is 15.5. The quantitative estimate of drug-likeness (QED) is 0.650. The zero-order valence-corrected chi connectivity index (χ0v) is 10.4. The van der Waals surface area contributed by atoms with Gasteiger partial charge in [-0.3, -0.25) is 0 Å². The molecule has 0 aromatic heterocycles. The minimum atomic E-state index is -0.527. The highest BCUT2D eigenvalue weighted by Crippen LogP contribution is 2.54. The number of aliphatic hydroxyl groups excluding tert-OH is 1. The Morgan fingerprint density at radius 1 is 1.47 bits per heavy atom. The molecule has 0 fully saturated rings. The number of aliphatic hydroxyl groups is 1. The first-order valence-electron chi connectivity index (χ1n) is 5.84. The highest BCUT2D eigenvalue weighted by Gasteiger charge is 2.51. The van der Waals surface area contributed by atoms with Crippen LogP contribution in [0.3, 0.4) is 0 Å². The first-order valence-corrected chi connectivity index (χ1v) is 5.84. The van der Waals surface area contributed by atoms with Crippen molar-refractivity contribution in [1.82, 2.24) is 0 Å². The molecule has 3 nitrogen and oxygen atoms in total. The van der Waals surface area contributed by atoms with Crippen LogP contribution in [0.15, 0.2) is 23.6 Å². The van der Waals surface area contributed by atoms with Gasteiger partial charge in [-0.15, -0.1) is 0 Å². The van der Waals surface area contributed by atoms with Crippen molar-refractivity contribution in [3.63, 3.8) is 0 Å². The molecule has 0 aromatic rings. The van der Waals surface area contributed by atoms with E-state index in [1.807, 2.05) is 20.8 Å². The second-order valence-electron chi connectivity index (χ2n) is 5.86. The Labute approximate surface area is 102 Å². The number of fused-ring (bicyclic) bond motifs is 1. The van der Waals surface area contributed by atoms with Crippen molar-refractivity contribution in [2.75, 3.05) is 0 Å². The third-order valence-corrected chi connectivity index (χ3v) is 4.22. The number of nitrogens with zero attached hydrogens (tertiary/aromatic N) is 1. The van der Waals surface area contributed by atoms with Crippen LogP contribution in [0.2, 0.25) is 0 Å². The zero-order valence-electron chi connectivity index (χ0n) is 10.4. The summed E-state index contributed by atoms with van der Waals surface area (Å²) in [6, 6.07) is 0. The molecular formula is C14H17NO2. The van der Waals surface area contributed by atoms with E-state index in [-0.39, 0.29) is 22.8 Å². The van der Waals surface area contributed by atoms with E-state index in [1.165, 1.54) is 0 Å². The first-order chi connectivity index (χ1) is 7.81. The Morgan fingerprint density at radius 2 is 2.12 bits per heavy atom. The predicted molar refractivity (Wildman–Crippen MR) is 65.0 cm³/mol. The smallest absolute Gasteiger partial charge is 0.226 e. The number of Topliss-reactive ketones (excluding diaryl/α,β-unsaturated/α-hetero) is 1. The molecule has 0 saturated heterocycles. The van der Waals surface area contributed by atoms with E-state index in [1.54, 1.807) is 12.2 Å². The molecule has 0 unspecified atom stereocenters. The Bertz CT molecular complexity index is 479. The van der Waals surface area contributed by atoms with Gasteiger partial charge in [-0.1, -0.05) is 26.8 Å². The van der Waals surface area contributed by atoms with Crippen LogP contribution in [0.5, 0.6) is 0 Å². The summed E-state index contributed by atoms with van der Waals surface area (Å²) < 4.78 is 0. The maximum atomic E-state index is 12.2. The summed E-state index contributed by atoms with van der Waals surface area (Å²) in [5.74, 6) is 0.461. The van der Waals surface area contributed by atoms with Gasteiger partial charge in [0.2, 0.25) is 5.70 Å². The molecular weight excluding hydrogens is 214 g/mol. The second kappa shape index (κ2) is 3.46. The molecule has 0 heterocycles. The van der Waals surface area contributed by atoms with E-state index in [9.17, 15) is 9.90 Å². The van der Waals surface area contributed by atoms with Gasteiger partial charge in [0.05, 0.1) is 12.3 Å². The van der Waals surface area contributed by atoms with Gasteiger partial charge in [0, 0.05) is 11.8 Å². The highest BCUT2D eigenvalue weighted by atomic mass is 16.3. The van der Waals surface area contributed by atoms with E-state index in [2.05, 4.69) is 4.85 Å². The number of ketones is 1. The molecule has 1 N–H and O–H groups in total. The molecule has 0 spiro atoms. The molecule has 3 heteroatoms. The van der Waals surface area contributed by atoms with Crippen LogP contribution in [0.4, 0.5) is 0 Å². The van der Waals surface area contributed by atoms with Gasteiger partial charge in [0.1, 0.15) is 0 Å². The maximum absolute atomic E-state index is 12.2. The highest BCUT2D eigenvalue weighted by molar-refractivity contribution is 6.02. The minimum absolute atomic E-state index is 0.0650. The number of carbonyl (C=O) groups excluding carboxylic acids is 1. The number of hydrogen-bond acceptors (Lipinski definition) is 2. The summed E-state index contributed by atoms with van der Waals surface area (Å²) in [5, 5.41) is 9.68. The summed E-state index contributed by atoms with van der Waals surface area (Å²) in [6.45, 7) is 13.0. The van der Waals surface area contributed by atoms with Crippen molar-refractivity contribution >= 4 is 5.78 Å². The Balaban J connectivity index is 2.58. The number of rotatable bonds is 0. The lowest BCUT2D eigenvalue weighted by Crippen LogP contribution is -2.47. The van der Waals surface area contributed by atoms with E-state index in [4.69, 9.17) is 6.57 Å². The zero-order chi connectivity index (χ0) is 12.8. The van der Waals surface area contributed by atoms with Crippen molar-refractivity contribution in [3.8, 4) is 0 Å². The number of hydrogen-bond donors (Lipinski definition) is 1. The molecule has 2 aliphatic rings. The minimum Gasteiger partial charge on any atom is -0.513 e. The summed E-state index contributed by atoms with van der Waals surface area (Å²) in [6.07, 6.45) is 4.79. The Morgan fingerprint density at radius 3 is 2.71 bits per heavy atom. The number of allylic oxidation sites excluding steroid dienone is 4. The molecule has 0 aliphatic heterocycles. The molecule has 0 saturated carbocycles. The average molecular weight is 231 g/mol. The van der Waals surface area contributed by atoms with Gasteiger partial charge in [-0.25, -0.2) is 4.85 Å². The van der Waals surface area contributed by atoms with Crippen molar-refractivity contribution in [2.45, 2.75) is 33.6 Å². The molecule has 0 amide bonds. The molecule has 2 atom stereocenters. The van der Waals surface area contributed by atoms with Crippen molar-refractivity contribution in [3.05, 3.63) is 35.0 Å². The van der Waals surface area contributed by atoms with Crippen LogP contribution < -0.4 is 0 Å². The van der Waals surface area contributed by atoms with Gasteiger partial charge >= 0.3 is 0 Å². The SMILES string of the molecule is [C-]#[N+]C1=C[C@@]2(C)CC(O)=CC[C@@H]2C(C)(C)C1=O. The summed E-state index contributed by atoms with van der Waals surface area (Å²) in [5.41, 5.74) is -0.583. The fourth-order valence-corrected chi connectivity index (χ4v) is 3.33. The third-order valence-electron chi connectivity index (χ3n) is 4.22. The van der Waals surface area contributed by atoms with Crippen molar-refractivity contribution in [2.24, 2.45) is 16.7 Å². The van der Waals surface area contributed by atoms with Crippen LogP contribution in [0.1, 0.15) is 33.6 Å². The first kappa shape index (κ1) is 11.9. The van der Waals surface area contributed by atoms with Crippen LogP contribution in [-0.4, -0.2) is 10.9 Å². The van der Waals surface area contributed by atoms with Gasteiger partial charge in [-0.05, 0) is 23.8 Å². The molecule has 0 radical (unpaired) electrons. The van der Waals surface area contributed by atoms with Gasteiger partial charge in [-0.2, -0.15) is 0 Å². The Kier molecular flexibility index (Phi) is 2.43. The van der Waals surface area contributed by atoms with Crippen molar-refractivity contribution < 1.29 is 9.90 Å². The predicted octanol–water partition coefficient (Wildman–Crippen LogP) is 3.26. The number of carbonyl (C=O) groups is 1. The molecule has 2 rings (SSSR count). The van der Waals surface area contributed by atoms with E-state index >= 15 is 0 Å². The molecule has 90 valence electrons. The van der Waals surface area contributed by atoms with Crippen molar-refractivity contribution in [1.29, 1.82) is 0 Å². The standard InChI is InChI=1S/C14H17NO2/c1-13(2)11-6-5-9(16)7-14(11,3)8-10(15-4)12(13)17/h5,8,11,16H,6-7H2,1-3H3/t11-,14-/m1/s1. The normalized spacial score (nSPS) is 35.4. The third kappa shape index (κ3) is 1.59. The molecule has 0 aromatic carbocycles. The van der Waals surface area contributed by atoms with Crippen LogP contribution in [-0.2, 0) is 4.79 Å². The van der Waals surface area contributed by atoms with E-state index in [0.29, 0.717) is 18.6 Å². The lowest BCUT2D eigenvalue weighted by molar-refractivity contribution is -0.130. The van der Waals surface area contributed by atoms with Crippen LogP contribution in [0, 0.1) is 23.3 Å². The van der Waals surface area contributed by atoms with Gasteiger partial charge in [0.25, 0.3) is 0 Å². The lowest BCUT2D eigenvalue weighted by Gasteiger charge is -2.49. The maximum Gasteiger partial charge on any atom is 0.226 e. The van der Waals surface area contributed by atoms with Gasteiger partial charge in [0.15, 0.2) is 5.78 Å². The monoisotopic (exact) mass is 231 g/mol. The molecule has 2 aliphatic carbocycles. The second-order valence-corrected chi connectivity index (χ2v) is 5.86. The molecule has 17 heavy (non-hydrogen) atoms. The summed E-state index contributed by atoms with van der Waals surface area (Å²) >= 11 is 0. The molecule has 0 bridgehead atoms. The topological polar surface area (TPSA) is 41.7 Å². The summed E-state index contributed by atoms with van der Waals surface area (Å²) in [7, 11) is 0. The average Bonchev–Trinajstić information content (AvgIpc) is 2.23. The Hall–Kier alpha value is -1.56. The van der Waals surface area contributed by atoms with E-state index < -0.39 is 5.41 Å². The lowest BCUT2D eigenvalue weighted by atomic mass is 9.54. The van der Waals surface area contributed by atoms with Gasteiger partial charge < -0.3 is 9.90 Å². The van der Waals surface area contributed by atoms with E-state index in [0.717, 1.165) is 0 Å².